The maximum atomic E-state index is 11.3. The first-order valence-electron chi connectivity index (χ1n) is 4.15. The molecule has 1 aromatic carbocycles. The summed E-state index contributed by atoms with van der Waals surface area (Å²) in [6.45, 7) is 0. The van der Waals surface area contributed by atoms with Crippen molar-refractivity contribution in [3.8, 4) is 5.75 Å². The van der Waals surface area contributed by atoms with E-state index in [4.69, 9.17) is 16.3 Å². The molecule has 0 aromatic heterocycles. The van der Waals surface area contributed by atoms with Gasteiger partial charge in [0.15, 0.2) is 0 Å². The van der Waals surface area contributed by atoms with Crippen LogP contribution < -0.4 is 4.74 Å². The molecule has 82 valence electrons. The van der Waals surface area contributed by atoms with Crippen molar-refractivity contribution in [2.24, 2.45) is 0 Å². The van der Waals surface area contributed by atoms with Crippen LogP contribution in [0, 0.1) is 0 Å². The molecular weight excluding hydrogens is 283 g/mol. The zero-order chi connectivity index (χ0) is 11.4. The zero-order valence-corrected chi connectivity index (χ0v) is 10.6. The topological polar surface area (TPSA) is 35.5 Å². The van der Waals surface area contributed by atoms with Crippen molar-refractivity contribution in [1.29, 1.82) is 0 Å². The minimum Gasteiger partial charge on any atom is -0.497 e. The summed E-state index contributed by atoms with van der Waals surface area (Å²) in [5.74, 6) is 0.260. The molecule has 0 saturated heterocycles. The molecule has 0 radical (unpaired) electrons. The second kappa shape index (κ2) is 5.37. The first kappa shape index (κ1) is 12.3. The Labute approximate surface area is 101 Å². The van der Waals surface area contributed by atoms with Crippen LogP contribution in [-0.4, -0.2) is 20.2 Å². The predicted molar refractivity (Wildman–Crippen MR) is 61.7 cm³/mol. The molecule has 0 aliphatic carbocycles. The number of carbonyl (C=O) groups excluding carboxylic acids is 1. The van der Waals surface area contributed by atoms with Gasteiger partial charge in [-0.05, 0) is 17.7 Å². The van der Waals surface area contributed by atoms with Gasteiger partial charge in [0.1, 0.15) is 10.6 Å². The van der Waals surface area contributed by atoms with Crippen molar-refractivity contribution >= 4 is 33.5 Å². The third kappa shape index (κ3) is 2.86. The molecule has 1 rings (SSSR count). The second-order valence-corrected chi connectivity index (χ2v) is 4.10. The number of halogens is 2. The smallest absolute Gasteiger partial charge is 0.324 e. The van der Waals surface area contributed by atoms with Crippen molar-refractivity contribution < 1.29 is 14.3 Å². The first-order chi connectivity index (χ1) is 7.10. The van der Waals surface area contributed by atoms with Crippen molar-refractivity contribution in [3.63, 3.8) is 0 Å². The lowest BCUT2D eigenvalue weighted by Crippen LogP contribution is -2.08. The van der Waals surface area contributed by atoms with Crippen LogP contribution in [0.25, 0.3) is 0 Å². The molecule has 0 spiro atoms. The quantitative estimate of drug-likeness (QED) is 0.635. The lowest BCUT2D eigenvalue weighted by atomic mass is 10.1. The average Bonchev–Trinajstić information content (AvgIpc) is 2.26. The summed E-state index contributed by atoms with van der Waals surface area (Å²) in [7, 11) is 2.88. The Kier molecular flexibility index (Phi) is 4.42. The monoisotopic (exact) mass is 292 g/mol. The molecule has 0 fully saturated rings. The van der Waals surface area contributed by atoms with E-state index < -0.39 is 4.83 Å². The number of esters is 1. The van der Waals surface area contributed by atoms with Gasteiger partial charge in [-0.25, -0.2) is 0 Å². The second-order valence-electron chi connectivity index (χ2n) is 2.77. The van der Waals surface area contributed by atoms with Crippen LogP contribution >= 0.6 is 27.5 Å². The SMILES string of the molecule is COC(=O)C(Br)c1ccc(OC)cc1Cl. The molecule has 0 heterocycles. The number of hydrogen-bond acceptors (Lipinski definition) is 3. The molecule has 3 nitrogen and oxygen atoms in total. The van der Waals surface area contributed by atoms with Gasteiger partial charge in [-0.15, -0.1) is 0 Å². The lowest BCUT2D eigenvalue weighted by molar-refractivity contribution is -0.139. The van der Waals surface area contributed by atoms with E-state index in [0.717, 1.165) is 0 Å². The highest BCUT2D eigenvalue weighted by atomic mass is 79.9. The summed E-state index contributed by atoms with van der Waals surface area (Å²) < 4.78 is 9.60. The molecule has 0 bridgehead atoms. The Morgan fingerprint density at radius 1 is 1.47 bits per heavy atom. The van der Waals surface area contributed by atoms with Crippen LogP contribution in [0.2, 0.25) is 5.02 Å². The van der Waals surface area contributed by atoms with Crippen LogP contribution in [-0.2, 0) is 9.53 Å². The molecule has 1 aromatic rings. The molecule has 5 heteroatoms. The minimum atomic E-state index is -0.555. The number of carbonyl (C=O) groups is 1. The molecule has 1 atom stereocenters. The number of rotatable bonds is 3. The largest absolute Gasteiger partial charge is 0.497 e. The van der Waals surface area contributed by atoms with Gasteiger partial charge < -0.3 is 9.47 Å². The molecule has 0 amide bonds. The van der Waals surface area contributed by atoms with Crippen molar-refractivity contribution in [3.05, 3.63) is 28.8 Å². The molecule has 15 heavy (non-hydrogen) atoms. The summed E-state index contributed by atoms with van der Waals surface area (Å²) in [4.78, 5) is 10.7. The number of alkyl halides is 1. The van der Waals surface area contributed by atoms with E-state index in [9.17, 15) is 4.79 Å². The third-order valence-corrected chi connectivity index (χ3v) is 3.08. The van der Waals surface area contributed by atoms with E-state index in [-0.39, 0.29) is 5.97 Å². The van der Waals surface area contributed by atoms with E-state index in [1.807, 2.05) is 0 Å². The normalized spacial score (nSPS) is 12.0. The van der Waals surface area contributed by atoms with Crippen molar-refractivity contribution in [2.75, 3.05) is 14.2 Å². The number of hydrogen-bond donors (Lipinski definition) is 0. The highest BCUT2D eigenvalue weighted by Gasteiger charge is 2.20. The fraction of sp³-hybridized carbons (Fsp3) is 0.300. The predicted octanol–water partition coefficient (Wildman–Crippen LogP) is 2.96. The lowest BCUT2D eigenvalue weighted by Gasteiger charge is -2.10. The van der Waals surface area contributed by atoms with E-state index >= 15 is 0 Å². The maximum Gasteiger partial charge on any atom is 0.324 e. The van der Waals surface area contributed by atoms with Gasteiger partial charge in [-0.3, -0.25) is 4.79 Å². The molecule has 0 saturated carbocycles. The number of ether oxygens (including phenoxy) is 2. The van der Waals surface area contributed by atoms with Crippen LogP contribution in [0.4, 0.5) is 0 Å². The van der Waals surface area contributed by atoms with Gasteiger partial charge in [0.05, 0.1) is 14.2 Å². The number of methoxy groups -OCH3 is 2. The fourth-order valence-electron chi connectivity index (χ4n) is 1.07. The average molecular weight is 294 g/mol. The summed E-state index contributed by atoms with van der Waals surface area (Å²) in [6, 6.07) is 5.10. The standard InChI is InChI=1S/C10H10BrClO3/c1-14-6-3-4-7(8(12)5-6)9(11)10(13)15-2/h3-5,9H,1-2H3. The Balaban J connectivity index is 3.00. The summed E-state index contributed by atoms with van der Waals surface area (Å²) in [5.41, 5.74) is 0.657. The summed E-state index contributed by atoms with van der Waals surface area (Å²) in [6.07, 6.45) is 0. The molecule has 0 N–H and O–H groups in total. The van der Waals surface area contributed by atoms with E-state index in [1.54, 1.807) is 25.3 Å². The van der Waals surface area contributed by atoms with Gasteiger partial charge in [0.25, 0.3) is 0 Å². The maximum absolute atomic E-state index is 11.3. The van der Waals surface area contributed by atoms with E-state index in [2.05, 4.69) is 20.7 Å². The van der Waals surface area contributed by atoms with Crippen molar-refractivity contribution in [1.82, 2.24) is 0 Å². The fourth-order valence-corrected chi connectivity index (χ4v) is 2.07. The van der Waals surface area contributed by atoms with Crippen LogP contribution in [0.3, 0.4) is 0 Å². The first-order valence-corrected chi connectivity index (χ1v) is 5.45. The van der Waals surface area contributed by atoms with Crippen LogP contribution in [0.1, 0.15) is 10.4 Å². The number of benzene rings is 1. The van der Waals surface area contributed by atoms with Gasteiger partial charge in [-0.2, -0.15) is 0 Å². The van der Waals surface area contributed by atoms with E-state index in [1.165, 1.54) is 7.11 Å². The molecular formula is C10H10BrClO3. The van der Waals surface area contributed by atoms with Gasteiger partial charge >= 0.3 is 5.97 Å². The van der Waals surface area contributed by atoms with Gasteiger partial charge in [0.2, 0.25) is 0 Å². The molecule has 1 unspecified atom stereocenters. The minimum absolute atomic E-state index is 0.387. The highest BCUT2D eigenvalue weighted by Crippen LogP contribution is 2.32. The third-order valence-electron chi connectivity index (χ3n) is 1.89. The molecule has 0 aliphatic heterocycles. The van der Waals surface area contributed by atoms with Crippen molar-refractivity contribution in [2.45, 2.75) is 4.83 Å². The Morgan fingerprint density at radius 3 is 2.60 bits per heavy atom. The highest BCUT2D eigenvalue weighted by molar-refractivity contribution is 9.09. The zero-order valence-electron chi connectivity index (χ0n) is 8.29. The summed E-state index contributed by atoms with van der Waals surface area (Å²) >= 11 is 9.20. The summed E-state index contributed by atoms with van der Waals surface area (Å²) in [5, 5.41) is 0.460. The van der Waals surface area contributed by atoms with Crippen LogP contribution in [0.5, 0.6) is 5.75 Å². The Morgan fingerprint density at radius 2 is 2.13 bits per heavy atom. The van der Waals surface area contributed by atoms with Crippen LogP contribution in [0.15, 0.2) is 18.2 Å². The molecule has 0 aliphatic rings. The Hall–Kier alpha value is -0.740. The Bertz CT molecular complexity index is 368. The van der Waals surface area contributed by atoms with Gasteiger partial charge in [-0.1, -0.05) is 33.6 Å². The van der Waals surface area contributed by atoms with E-state index in [0.29, 0.717) is 16.3 Å². The van der Waals surface area contributed by atoms with Gasteiger partial charge in [0, 0.05) is 5.02 Å².